The van der Waals surface area contributed by atoms with Crippen LogP contribution in [0.2, 0.25) is 18.1 Å². The Morgan fingerprint density at radius 2 is 1.60 bits per heavy atom. The molecule has 2 atom stereocenters. The first-order chi connectivity index (χ1) is 19.6. The van der Waals surface area contributed by atoms with Crippen LogP contribution in [0.15, 0.2) is 30.5 Å². The first kappa shape index (κ1) is 32.2. The van der Waals surface area contributed by atoms with Crippen molar-refractivity contribution < 1.29 is 43.6 Å². The summed E-state index contributed by atoms with van der Waals surface area (Å²) < 4.78 is 18.0. The number of β-lactam (4-membered cyclic amide) rings is 1. The number of pyridine rings is 1. The molecule has 3 rings (SSSR count). The second-order valence-electron chi connectivity index (χ2n) is 11.4. The zero-order valence-electron chi connectivity index (χ0n) is 25.0. The van der Waals surface area contributed by atoms with E-state index < -0.39 is 32.4 Å². The van der Waals surface area contributed by atoms with E-state index in [1.54, 1.807) is 22.8 Å². The molecule has 0 aliphatic carbocycles. The zero-order valence-corrected chi connectivity index (χ0v) is 26.0. The summed E-state index contributed by atoms with van der Waals surface area (Å²) in [5, 5.41) is 21.3. The predicted octanol–water partition coefficient (Wildman–Crippen LogP) is 3.96. The topological polar surface area (TPSA) is 168 Å². The van der Waals surface area contributed by atoms with Crippen molar-refractivity contribution in [2.45, 2.75) is 57.9 Å². The maximum atomic E-state index is 13.8. The first-order valence-corrected chi connectivity index (χ1v) is 16.1. The third-order valence-corrected chi connectivity index (χ3v) is 13.4. The van der Waals surface area contributed by atoms with Crippen LogP contribution < -0.4 is 24.4 Å². The standard InChI is InChI=1S/C28H38N4O9Si/c1-28(2,3)42(7,8)32-23(24(33)30-15-19-20(40-5)13-17(39-4)14-21(19)41-6)18(25(32)34)11-16-9-10-29-22(12-16)31(26(35)36)27(37)38/h9-10,12-14,18,23H,11,15H2,1-8H3,(H,30,33)(H,35,36)(H,37,38)/t18-,23+/m1/s1. The number of anilines is 1. The molecule has 14 heteroatoms. The van der Waals surface area contributed by atoms with Crippen LogP contribution in [-0.4, -0.2) is 79.4 Å². The summed E-state index contributed by atoms with van der Waals surface area (Å²) in [6.45, 7) is 10.3. The van der Waals surface area contributed by atoms with Gasteiger partial charge in [-0.25, -0.2) is 14.6 Å². The molecule has 2 aromatic rings. The maximum Gasteiger partial charge on any atom is 0.422 e. The van der Waals surface area contributed by atoms with Crippen molar-refractivity contribution in [2.24, 2.45) is 5.92 Å². The Morgan fingerprint density at radius 3 is 2.07 bits per heavy atom. The highest BCUT2D eigenvalue weighted by molar-refractivity contribution is 6.80. The number of carboxylic acid groups (broad SMARTS) is 2. The van der Waals surface area contributed by atoms with Gasteiger partial charge in [-0.15, -0.1) is 0 Å². The van der Waals surface area contributed by atoms with E-state index in [1.807, 2.05) is 33.9 Å². The predicted molar refractivity (Wildman–Crippen MR) is 156 cm³/mol. The number of hydrogen-bond donors (Lipinski definition) is 3. The summed E-state index contributed by atoms with van der Waals surface area (Å²) in [5.41, 5.74) is 1.06. The Morgan fingerprint density at radius 1 is 1.02 bits per heavy atom. The van der Waals surface area contributed by atoms with E-state index in [1.165, 1.54) is 33.6 Å². The molecule has 0 spiro atoms. The molecule has 0 radical (unpaired) electrons. The Bertz CT molecular complexity index is 1340. The Balaban J connectivity index is 1.95. The molecule has 42 heavy (non-hydrogen) atoms. The average Bonchev–Trinajstić information content (AvgIpc) is 2.91. The van der Waals surface area contributed by atoms with Crippen LogP contribution in [0.4, 0.5) is 15.4 Å². The number of rotatable bonds is 10. The SMILES string of the molecule is COc1cc(OC)c(CNC(=O)[C@@H]2[C@@H](Cc3ccnc(N(C(=O)O)C(=O)O)c3)C(=O)N2[Si](C)(C)C(C)(C)C)c(OC)c1. The fourth-order valence-electron chi connectivity index (χ4n) is 4.81. The van der Waals surface area contributed by atoms with Gasteiger partial charge < -0.3 is 34.3 Å². The molecule has 1 aliphatic rings. The lowest BCUT2D eigenvalue weighted by molar-refractivity contribution is -0.155. The van der Waals surface area contributed by atoms with Gasteiger partial charge in [0.15, 0.2) is 8.24 Å². The van der Waals surface area contributed by atoms with Gasteiger partial charge >= 0.3 is 12.2 Å². The first-order valence-electron chi connectivity index (χ1n) is 13.2. The van der Waals surface area contributed by atoms with E-state index in [0.717, 1.165) is 0 Å². The molecule has 3 N–H and O–H groups in total. The summed E-state index contributed by atoms with van der Waals surface area (Å²) in [6, 6.07) is 5.42. The van der Waals surface area contributed by atoms with Crippen molar-refractivity contribution in [3.8, 4) is 17.2 Å². The van der Waals surface area contributed by atoms with Gasteiger partial charge in [0.05, 0.1) is 39.4 Å². The van der Waals surface area contributed by atoms with E-state index in [0.29, 0.717) is 28.4 Å². The minimum atomic E-state index is -2.50. The molecule has 0 bridgehead atoms. The number of amides is 4. The third kappa shape index (κ3) is 6.12. The molecule has 2 heterocycles. The summed E-state index contributed by atoms with van der Waals surface area (Å²) in [6.07, 6.45) is -2.06. The molecular formula is C28H38N4O9Si. The fourth-order valence-corrected chi connectivity index (χ4v) is 7.24. The van der Waals surface area contributed by atoms with Crippen molar-refractivity contribution >= 4 is 38.1 Å². The number of carbonyl (C=O) groups excluding carboxylic acids is 2. The van der Waals surface area contributed by atoms with Crippen LogP contribution in [0.3, 0.4) is 0 Å². The van der Waals surface area contributed by atoms with Crippen LogP contribution >= 0.6 is 0 Å². The molecule has 1 fully saturated rings. The normalized spacial score (nSPS) is 16.8. The van der Waals surface area contributed by atoms with E-state index in [9.17, 15) is 29.4 Å². The van der Waals surface area contributed by atoms with Crippen LogP contribution in [0.25, 0.3) is 0 Å². The van der Waals surface area contributed by atoms with Gasteiger partial charge in [0.2, 0.25) is 11.8 Å². The van der Waals surface area contributed by atoms with Gasteiger partial charge in [0, 0.05) is 18.3 Å². The third-order valence-electron chi connectivity index (χ3n) is 8.05. The van der Waals surface area contributed by atoms with Crippen LogP contribution in [0.5, 0.6) is 17.2 Å². The fraction of sp³-hybridized carbons (Fsp3) is 0.464. The van der Waals surface area contributed by atoms with Gasteiger partial charge in [-0.1, -0.05) is 33.9 Å². The lowest BCUT2D eigenvalue weighted by atomic mass is 9.84. The maximum absolute atomic E-state index is 13.8. The van der Waals surface area contributed by atoms with Crippen LogP contribution in [0.1, 0.15) is 31.9 Å². The smallest absolute Gasteiger partial charge is 0.422 e. The van der Waals surface area contributed by atoms with E-state index in [-0.39, 0.29) is 40.5 Å². The molecule has 1 aliphatic heterocycles. The van der Waals surface area contributed by atoms with Crippen molar-refractivity contribution in [1.29, 1.82) is 0 Å². The second-order valence-corrected chi connectivity index (χ2v) is 16.5. The van der Waals surface area contributed by atoms with Crippen molar-refractivity contribution in [2.75, 3.05) is 26.2 Å². The number of carbonyl (C=O) groups is 4. The number of imide groups is 1. The number of nitrogens with one attached hydrogen (secondary N) is 1. The van der Waals surface area contributed by atoms with E-state index in [4.69, 9.17) is 14.2 Å². The molecule has 1 aromatic carbocycles. The van der Waals surface area contributed by atoms with E-state index >= 15 is 0 Å². The van der Waals surface area contributed by atoms with Crippen molar-refractivity contribution in [3.63, 3.8) is 0 Å². The quantitative estimate of drug-likeness (QED) is 0.267. The van der Waals surface area contributed by atoms with Gasteiger partial charge in [0.1, 0.15) is 29.1 Å². The Hall–Kier alpha value is -4.33. The minimum Gasteiger partial charge on any atom is -0.496 e. The molecule has 4 amide bonds. The Kier molecular flexibility index (Phi) is 9.40. The molecule has 1 aromatic heterocycles. The van der Waals surface area contributed by atoms with Gasteiger partial charge in [-0.3, -0.25) is 9.59 Å². The minimum absolute atomic E-state index is 0.0590. The van der Waals surface area contributed by atoms with Gasteiger partial charge in [-0.05, 0) is 29.2 Å². The van der Waals surface area contributed by atoms with Crippen molar-refractivity contribution in [3.05, 3.63) is 41.6 Å². The van der Waals surface area contributed by atoms with Crippen LogP contribution in [0, 0.1) is 5.92 Å². The summed E-state index contributed by atoms with van der Waals surface area (Å²) in [4.78, 5) is 54.4. The number of benzene rings is 1. The highest BCUT2D eigenvalue weighted by Gasteiger charge is 2.59. The van der Waals surface area contributed by atoms with Crippen molar-refractivity contribution in [1.82, 2.24) is 14.9 Å². The highest BCUT2D eigenvalue weighted by Crippen LogP contribution is 2.45. The summed E-state index contributed by atoms with van der Waals surface area (Å²) in [7, 11) is 2.01. The number of aromatic nitrogens is 1. The van der Waals surface area contributed by atoms with Gasteiger partial charge in [-0.2, -0.15) is 4.90 Å². The molecule has 13 nitrogen and oxygen atoms in total. The number of ether oxygens (including phenoxy) is 3. The Labute approximate surface area is 245 Å². The molecule has 0 saturated carbocycles. The monoisotopic (exact) mass is 602 g/mol. The molecule has 1 saturated heterocycles. The van der Waals surface area contributed by atoms with Crippen LogP contribution in [-0.2, 0) is 22.6 Å². The average molecular weight is 603 g/mol. The van der Waals surface area contributed by atoms with Gasteiger partial charge in [0.25, 0.3) is 0 Å². The summed E-state index contributed by atoms with van der Waals surface area (Å²) >= 11 is 0. The second kappa shape index (κ2) is 12.3. The van der Waals surface area contributed by atoms with E-state index in [2.05, 4.69) is 10.3 Å². The summed E-state index contributed by atoms with van der Waals surface area (Å²) in [5.74, 6) is -0.185. The zero-order chi connectivity index (χ0) is 31.6. The highest BCUT2D eigenvalue weighted by atomic mass is 28.3. The molecule has 228 valence electrons. The number of nitrogens with zero attached hydrogens (tertiary/aromatic N) is 3. The number of hydrogen-bond acceptors (Lipinski definition) is 8. The lowest BCUT2D eigenvalue weighted by Gasteiger charge is -2.57. The largest absolute Gasteiger partial charge is 0.496 e. The lowest BCUT2D eigenvalue weighted by Crippen LogP contribution is -2.76. The molecular weight excluding hydrogens is 564 g/mol. The number of methoxy groups -OCH3 is 3. The molecule has 0 unspecified atom stereocenters.